The molecule has 1 aromatic heterocycles. The lowest BCUT2D eigenvalue weighted by molar-refractivity contribution is 0.0378. The Morgan fingerprint density at radius 3 is 1.79 bits per heavy atom. The Labute approximate surface area is 206 Å². The van der Waals surface area contributed by atoms with Gasteiger partial charge in [0, 0.05) is 20.1 Å². The third kappa shape index (κ3) is 4.86. The fraction of sp³-hybridized carbons (Fsp3) is 0.0400. The number of benzene rings is 3. The summed E-state index contributed by atoms with van der Waals surface area (Å²) in [7, 11) is 0. The van der Waals surface area contributed by atoms with E-state index in [0.717, 1.165) is 13.8 Å². The number of halogens is 2. The largest absolute Gasteiger partial charge is 0.365 e. The van der Waals surface area contributed by atoms with Gasteiger partial charge in [0.05, 0.1) is 16.8 Å². The molecular weight excluding hydrogens is 552 g/mol. The van der Waals surface area contributed by atoms with Gasteiger partial charge in [0.2, 0.25) is 5.78 Å². The summed E-state index contributed by atoms with van der Waals surface area (Å²) in [5.41, 5.74) is 1.26. The number of aromatic nitrogens is 2. The van der Waals surface area contributed by atoms with Crippen LogP contribution in [0.25, 0.3) is 0 Å². The molecule has 164 valence electrons. The quantitative estimate of drug-likeness (QED) is 0.290. The number of rotatable bonds is 6. The van der Waals surface area contributed by atoms with Crippen molar-refractivity contribution in [3.05, 3.63) is 121 Å². The first-order valence-electron chi connectivity index (χ1n) is 9.83. The Balaban J connectivity index is 1.79. The maximum atomic E-state index is 13.4. The van der Waals surface area contributed by atoms with Gasteiger partial charge in [-0.15, -0.1) is 5.10 Å². The molecule has 0 saturated carbocycles. The van der Waals surface area contributed by atoms with Gasteiger partial charge in [-0.3, -0.25) is 9.59 Å². The van der Waals surface area contributed by atoms with E-state index in [-0.39, 0.29) is 17.0 Å². The third-order valence-electron chi connectivity index (χ3n) is 4.91. The molecule has 0 aliphatic carbocycles. The molecular formula is C25H16Br2N2O4. The Morgan fingerprint density at radius 2 is 1.24 bits per heavy atom. The van der Waals surface area contributed by atoms with Gasteiger partial charge >= 0.3 is 5.97 Å². The van der Waals surface area contributed by atoms with Crippen LogP contribution in [-0.4, -0.2) is 27.5 Å². The van der Waals surface area contributed by atoms with E-state index in [0.29, 0.717) is 16.7 Å². The van der Waals surface area contributed by atoms with Gasteiger partial charge in [-0.2, -0.15) is 0 Å². The molecule has 6 nitrogen and oxygen atoms in total. The molecule has 0 saturated heterocycles. The molecule has 0 aliphatic rings. The molecule has 0 atom stereocenters. The van der Waals surface area contributed by atoms with Gasteiger partial charge < -0.3 is 4.84 Å². The topological polar surface area (TPSA) is 78.3 Å². The molecule has 0 amide bonds. The summed E-state index contributed by atoms with van der Waals surface area (Å²) < 4.78 is 1.62. The van der Waals surface area contributed by atoms with Gasteiger partial charge in [-0.05, 0) is 67.6 Å². The van der Waals surface area contributed by atoms with Crippen LogP contribution in [0.2, 0.25) is 0 Å². The lowest BCUT2D eigenvalue weighted by Gasteiger charge is -2.06. The zero-order valence-corrected chi connectivity index (χ0v) is 20.5. The summed E-state index contributed by atoms with van der Waals surface area (Å²) in [5.74, 6) is -1.52. The summed E-state index contributed by atoms with van der Waals surface area (Å²) in [6.45, 7) is 1.58. The van der Waals surface area contributed by atoms with Gasteiger partial charge in [0.15, 0.2) is 5.78 Å². The molecule has 0 N–H and O–H groups in total. The second-order valence-corrected chi connectivity index (χ2v) is 8.93. The van der Waals surface area contributed by atoms with Crippen molar-refractivity contribution >= 4 is 49.4 Å². The standard InChI is InChI=1S/C25H16Br2N2O4/c1-15-21(23(30)16-7-11-19(26)12-8-16)22(24(31)17-9-13-20(27)14-10-17)28-29(15)33-25(32)18-5-3-2-4-6-18/h2-14H,1H3. The first kappa shape index (κ1) is 22.8. The lowest BCUT2D eigenvalue weighted by atomic mass is 9.97. The van der Waals surface area contributed by atoms with Crippen LogP contribution in [0.4, 0.5) is 0 Å². The van der Waals surface area contributed by atoms with Crippen molar-refractivity contribution in [2.45, 2.75) is 6.92 Å². The van der Waals surface area contributed by atoms with Crippen LogP contribution in [0.3, 0.4) is 0 Å². The summed E-state index contributed by atoms with van der Waals surface area (Å²) >= 11 is 6.69. The van der Waals surface area contributed by atoms with E-state index in [9.17, 15) is 14.4 Å². The molecule has 0 aliphatic heterocycles. The molecule has 0 bridgehead atoms. The minimum Gasteiger partial charge on any atom is -0.314 e. The van der Waals surface area contributed by atoms with Crippen molar-refractivity contribution in [1.29, 1.82) is 0 Å². The zero-order valence-electron chi connectivity index (χ0n) is 17.3. The first-order valence-corrected chi connectivity index (χ1v) is 11.4. The average Bonchev–Trinajstić information content (AvgIpc) is 3.15. The number of carbonyl (C=O) groups is 3. The summed E-state index contributed by atoms with van der Waals surface area (Å²) in [4.78, 5) is 45.6. The van der Waals surface area contributed by atoms with E-state index in [1.807, 2.05) is 0 Å². The molecule has 0 spiro atoms. The monoisotopic (exact) mass is 566 g/mol. The average molecular weight is 568 g/mol. The smallest absolute Gasteiger partial charge is 0.314 e. The van der Waals surface area contributed by atoms with Crippen molar-refractivity contribution in [2.24, 2.45) is 0 Å². The highest BCUT2D eigenvalue weighted by Gasteiger charge is 2.29. The zero-order chi connectivity index (χ0) is 23.5. The van der Waals surface area contributed by atoms with Gasteiger partial charge in [-0.25, -0.2) is 4.79 Å². The van der Waals surface area contributed by atoms with Crippen molar-refractivity contribution in [2.75, 3.05) is 0 Å². The number of hydrogen-bond donors (Lipinski definition) is 0. The van der Waals surface area contributed by atoms with Crippen molar-refractivity contribution in [1.82, 2.24) is 9.94 Å². The molecule has 1 heterocycles. The van der Waals surface area contributed by atoms with Crippen molar-refractivity contribution in [3.8, 4) is 0 Å². The Kier molecular flexibility index (Phi) is 6.67. The fourth-order valence-corrected chi connectivity index (χ4v) is 3.72. The summed E-state index contributed by atoms with van der Waals surface area (Å²) in [6.07, 6.45) is 0. The summed E-state index contributed by atoms with van der Waals surface area (Å²) in [6, 6.07) is 21.9. The number of carbonyl (C=O) groups excluding carboxylic acids is 3. The number of nitrogens with zero attached hydrogens (tertiary/aromatic N) is 2. The predicted octanol–water partition coefficient (Wildman–Crippen LogP) is 5.45. The molecule has 4 aromatic rings. The van der Waals surface area contributed by atoms with E-state index in [2.05, 4.69) is 37.0 Å². The van der Waals surface area contributed by atoms with E-state index in [1.54, 1.807) is 85.8 Å². The molecule has 3 aromatic carbocycles. The van der Waals surface area contributed by atoms with Crippen molar-refractivity contribution in [3.63, 3.8) is 0 Å². The fourth-order valence-electron chi connectivity index (χ4n) is 3.19. The minimum absolute atomic E-state index is 0.0751. The minimum atomic E-state index is -0.661. The van der Waals surface area contributed by atoms with Crippen LogP contribution >= 0.6 is 31.9 Å². The van der Waals surface area contributed by atoms with E-state index in [1.165, 1.54) is 0 Å². The van der Waals surface area contributed by atoms with Crippen LogP contribution in [0.5, 0.6) is 0 Å². The highest BCUT2D eigenvalue weighted by atomic mass is 79.9. The summed E-state index contributed by atoms with van der Waals surface area (Å²) in [5, 5.41) is 4.22. The van der Waals surface area contributed by atoms with E-state index in [4.69, 9.17) is 4.84 Å². The number of hydrogen-bond acceptors (Lipinski definition) is 5. The highest BCUT2D eigenvalue weighted by Crippen LogP contribution is 2.23. The van der Waals surface area contributed by atoms with Crippen LogP contribution in [0.1, 0.15) is 48.0 Å². The Hall–Kier alpha value is -3.36. The molecule has 0 radical (unpaired) electrons. The van der Waals surface area contributed by atoms with Crippen LogP contribution < -0.4 is 4.84 Å². The lowest BCUT2D eigenvalue weighted by Crippen LogP contribution is -2.22. The molecule has 0 fully saturated rings. The molecule has 0 unspecified atom stereocenters. The van der Waals surface area contributed by atoms with E-state index >= 15 is 0 Å². The maximum absolute atomic E-state index is 13.4. The molecule has 33 heavy (non-hydrogen) atoms. The van der Waals surface area contributed by atoms with Gasteiger partial charge in [-0.1, -0.05) is 54.9 Å². The van der Waals surface area contributed by atoms with Gasteiger partial charge in [0.1, 0.15) is 5.69 Å². The maximum Gasteiger partial charge on any atom is 0.365 e. The first-order chi connectivity index (χ1) is 15.8. The normalized spacial score (nSPS) is 10.6. The van der Waals surface area contributed by atoms with Crippen LogP contribution in [0.15, 0.2) is 87.8 Å². The second-order valence-electron chi connectivity index (χ2n) is 7.10. The molecule has 4 rings (SSSR count). The van der Waals surface area contributed by atoms with Crippen LogP contribution in [0, 0.1) is 6.92 Å². The van der Waals surface area contributed by atoms with Crippen molar-refractivity contribution < 1.29 is 19.2 Å². The Morgan fingerprint density at radius 1 is 0.727 bits per heavy atom. The Bertz CT molecular complexity index is 1350. The highest BCUT2D eigenvalue weighted by molar-refractivity contribution is 9.10. The second kappa shape index (κ2) is 9.64. The van der Waals surface area contributed by atoms with Gasteiger partial charge in [0.25, 0.3) is 0 Å². The molecule has 8 heteroatoms. The predicted molar refractivity (Wildman–Crippen MR) is 129 cm³/mol. The van der Waals surface area contributed by atoms with Crippen LogP contribution in [-0.2, 0) is 0 Å². The van der Waals surface area contributed by atoms with E-state index < -0.39 is 17.5 Å². The SMILES string of the molecule is Cc1c(C(=O)c2ccc(Br)cc2)c(C(=O)c2ccc(Br)cc2)nn1OC(=O)c1ccccc1. The third-order valence-corrected chi connectivity index (χ3v) is 5.97. The number of ketones is 2.